The van der Waals surface area contributed by atoms with Crippen LogP contribution in [0.15, 0.2) is 28.8 Å². The third-order valence-electron chi connectivity index (χ3n) is 3.98. The van der Waals surface area contributed by atoms with Crippen LogP contribution in [0.1, 0.15) is 38.1 Å². The molecule has 8 nitrogen and oxygen atoms in total. The van der Waals surface area contributed by atoms with Crippen LogP contribution in [0.25, 0.3) is 11.4 Å². The molecule has 1 N–H and O–H groups in total. The number of nitro groups is 1. The lowest BCUT2D eigenvalue weighted by atomic mass is 9.84. The molecule has 1 aromatic carbocycles. The largest absolute Gasteiger partial charge is 0.344 e. The van der Waals surface area contributed by atoms with Gasteiger partial charge in [0.15, 0.2) is 0 Å². The second-order valence-electron chi connectivity index (χ2n) is 5.62. The van der Waals surface area contributed by atoms with Gasteiger partial charge in [0.2, 0.25) is 17.6 Å². The summed E-state index contributed by atoms with van der Waals surface area (Å²) in [5.74, 6) is 0.749. The van der Waals surface area contributed by atoms with E-state index < -0.39 is 4.92 Å². The van der Waals surface area contributed by atoms with Crippen molar-refractivity contribution in [1.29, 1.82) is 0 Å². The van der Waals surface area contributed by atoms with Gasteiger partial charge in [-0.2, -0.15) is 4.98 Å². The van der Waals surface area contributed by atoms with Gasteiger partial charge in [-0.25, -0.2) is 0 Å². The summed E-state index contributed by atoms with van der Waals surface area (Å²) in [6.07, 6.45) is 2.95. The molecule has 0 saturated heterocycles. The van der Waals surface area contributed by atoms with E-state index in [9.17, 15) is 14.9 Å². The third kappa shape index (κ3) is 3.20. The first-order valence-electron chi connectivity index (χ1n) is 7.43. The van der Waals surface area contributed by atoms with Crippen LogP contribution in [0.3, 0.4) is 0 Å². The van der Waals surface area contributed by atoms with Gasteiger partial charge in [0.25, 0.3) is 5.69 Å². The standard InChI is InChI=1S/C15H16N4O4/c1-9(16-14(20)11-3-2-4-11)15-17-13(18-23-15)10-5-7-12(8-6-10)19(21)22/h5-9,11H,2-4H2,1H3,(H,16,20)/t9-/m1/s1. The van der Waals surface area contributed by atoms with E-state index in [-0.39, 0.29) is 23.6 Å². The molecule has 1 saturated carbocycles. The number of hydrogen-bond donors (Lipinski definition) is 1. The molecule has 1 fully saturated rings. The summed E-state index contributed by atoms with van der Waals surface area (Å²) in [5, 5.41) is 17.4. The Morgan fingerprint density at radius 2 is 2.09 bits per heavy atom. The van der Waals surface area contributed by atoms with Crippen molar-refractivity contribution >= 4 is 11.6 Å². The van der Waals surface area contributed by atoms with Crippen molar-refractivity contribution < 1.29 is 14.2 Å². The number of aromatic nitrogens is 2. The lowest BCUT2D eigenvalue weighted by Gasteiger charge is -2.25. The van der Waals surface area contributed by atoms with E-state index in [0.717, 1.165) is 19.3 Å². The van der Waals surface area contributed by atoms with Gasteiger partial charge in [-0.3, -0.25) is 14.9 Å². The van der Waals surface area contributed by atoms with Crippen LogP contribution in [0.5, 0.6) is 0 Å². The molecule has 1 heterocycles. The van der Waals surface area contributed by atoms with Crippen molar-refractivity contribution in [3.8, 4) is 11.4 Å². The Hall–Kier alpha value is -2.77. The van der Waals surface area contributed by atoms with Crippen LogP contribution in [-0.4, -0.2) is 21.0 Å². The van der Waals surface area contributed by atoms with Gasteiger partial charge in [0.05, 0.1) is 4.92 Å². The van der Waals surface area contributed by atoms with Crippen molar-refractivity contribution in [3.05, 3.63) is 40.3 Å². The van der Waals surface area contributed by atoms with Crippen LogP contribution in [0.2, 0.25) is 0 Å². The first-order chi connectivity index (χ1) is 11.0. The molecule has 8 heteroatoms. The summed E-state index contributed by atoms with van der Waals surface area (Å²) < 4.78 is 5.18. The van der Waals surface area contributed by atoms with Gasteiger partial charge in [-0.15, -0.1) is 0 Å². The fourth-order valence-corrected chi connectivity index (χ4v) is 2.32. The van der Waals surface area contributed by atoms with Gasteiger partial charge in [-0.1, -0.05) is 11.6 Å². The number of nitro benzene ring substituents is 1. The second-order valence-corrected chi connectivity index (χ2v) is 5.62. The van der Waals surface area contributed by atoms with E-state index in [0.29, 0.717) is 17.3 Å². The van der Waals surface area contributed by atoms with Gasteiger partial charge in [0, 0.05) is 23.6 Å². The maximum Gasteiger partial charge on any atom is 0.269 e. The predicted molar refractivity (Wildman–Crippen MR) is 80.3 cm³/mol. The summed E-state index contributed by atoms with van der Waals surface area (Å²) in [6.45, 7) is 1.78. The van der Waals surface area contributed by atoms with Gasteiger partial charge in [0.1, 0.15) is 6.04 Å². The first-order valence-corrected chi connectivity index (χ1v) is 7.43. The molecule has 120 valence electrons. The molecular weight excluding hydrogens is 300 g/mol. The lowest BCUT2D eigenvalue weighted by molar-refractivity contribution is -0.384. The highest BCUT2D eigenvalue weighted by Crippen LogP contribution is 2.27. The molecule has 1 atom stereocenters. The van der Waals surface area contributed by atoms with Crippen molar-refractivity contribution in [2.45, 2.75) is 32.2 Å². The van der Waals surface area contributed by atoms with Gasteiger partial charge >= 0.3 is 0 Å². The van der Waals surface area contributed by atoms with Crippen LogP contribution in [-0.2, 0) is 4.79 Å². The second kappa shape index (κ2) is 6.15. The Kier molecular flexibility index (Phi) is 4.05. The molecule has 0 bridgehead atoms. The molecular formula is C15H16N4O4. The number of rotatable bonds is 5. The zero-order valence-corrected chi connectivity index (χ0v) is 12.6. The molecule has 0 spiro atoms. The Morgan fingerprint density at radius 1 is 1.39 bits per heavy atom. The highest BCUT2D eigenvalue weighted by atomic mass is 16.6. The van der Waals surface area contributed by atoms with Crippen LogP contribution < -0.4 is 5.32 Å². The molecule has 3 rings (SSSR count). The normalized spacial score (nSPS) is 15.7. The summed E-state index contributed by atoms with van der Waals surface area (Å²) >= 11 is 0. The van der Waals surface area contributed by atoms with Crippen molar-refractivity contribution in [1.82, 2.24) is 15.5 Å². The fourth-order valence-electron chi connectivity index (χ4n) is 2.32. The molecule has 0 aliphatic heterocycles. The van der Waals surface area contributed by atoms with E-state index in [1.165, 1.54) is 12.1 Å². The molecule has 1 aliphatic carbocycles. The number of amides is 1. The number of nitrogens with one attached hydrogen (secondary N) is 1. The SMILES string of the molecule is C[C@@H](NC(=O)C1CCC1)c1nc(-c2ccc([N+](=O)[O-])cc2)no1. The maximum absolute atomic E-state index is 11.9. The van der Waals surface area contributed by atoms with Crippen molar-refractivity contribution in [2.75, 3.05) is 0 Å². The minimum absolute atomic E-state index is 0.00130. The minimum Gasteiger partial charge on any atom is -0.344 e. The number of nitrogens with zero attached hydrogens (tertiary/aromatic N) is 3. The van der Waals surface area contributed by atoms with E-state index >= 15 is 0 Å². The zero-order chi connectivity index (χ0) is 16.4. The molecule has 1 amide bonds. The molecule has 1 aliphatic rings. The average molecular weight is 316 g/mol. The number of benzene rings is 1. The van der Waals surface area contributed by atoms with E-state index in [1.807, 2.05) is 0 Å². The van der Waals surface area contributed by atoms with Crippen LogP contribution >= 0.6 is 0 Å². The number of carbonyl (C=O) groups excluding carboxylic acids is 1. The highest BCUT2D eigenvalue weighted by Gasteiger charge is 2.27. The fraction of sp³-hybridized carbons (Fsp3) is 0.400. The third-order valence-corrected chi connectivity index (χ3v) is 3.98. The molecule has 23 heavy (non-hydrogen) atoms. The Labute approximate surface area is 132 Å². The Morgan fingerprint density at radius 3 is 2.65 bits per heavy atom. The zero-order valence-electron chi connectivity index (χ0n) is 12.6. The van der Waals surface area contributed by atoms with Crippen LogP contribution in [0, 0.1) is 16.0 Å². The smallest absolute Gasteiger partial charge is 0.269 e. The van der Waals surface area contributed by atoms with Crippen LogP contribution in [0.4, 0.5) is 5.69 Å². The summed E-state index contributed by atoms with van der Waals surface area (Å²) in [5.41, 5.74) is 0.613. The molecule has 0 radical (unpaired) electrons. The Balaban J connectivity index is 1.69. The van der Waals surface area contributed by atoms with Crippen molar-refractivity contribution in [3.63, 3.8) is 0 Å². The number of hydrogen-bond acceptors (Lipinski definition) is 6. The molecule has 2 aromatic rings. The van der Waals surface area contributed by atoms with E-state index in [2.05, 4.69) is 15.5 Å². The maximum atomic E-state index is 11.9. The summed E-state index contributed by atoms with van der Waals surface area (Å²) in [4.78, 5) is 26.3. The lowest BCUT2D eigenvalue weighted by Crippen LogP contribution is -2.36. The highest BCUT2D eigenvalue weighted by molar-refractivity contribution is 5.79. The van der Waals surface area contributed by atoms with E-state index in [4.69, 9.17) is 4.52 Å². The average Bonchev–Trinajstić information content (AvgIpc) is 2.95. The van der Waals surface area contributed by atoms with E-state index in [1.54, 1.807) is 19.1 Å². The summed E-state index contributed by atoms with van der Waals surface area (Å²) in [7, 11) is 0. The number of carbonyl (C=O) groups is 1. The molecule has 0 unspecified atom stereocenters. The topological polar surface area (TPSA) is 111 Å². The monoisotopic (exact) mass is 316 g/mol. The molecule has 1 aromatic heterocycles. The predicted octanol–water partition coefficient (Wildman–Crippen LogP) is 2.62. The van der Waals surface area contributed by atoms with Crippen molar-refractivity contribution in [2.24, 2.45) is 5.92 Å². The minimum atomic E-state index is -0.469. The summed E-state index contributed by atoms with van der Waals surface area (Å²) in [6, 6.07) is 5.51. The first kappa shape index (κ1) is 15.1. The quantitative estimate of drug-likeness (QED) is 0.670. The Bertz CT molecular complexity index is 721. The van der Waals surface area contributed by atoms with Gasteiger partial charge < -0.3 is 9.84 Å². The van der Waals surface area contributed by atoms with Gasteiger partial charge in [-0.05, 0) is 31.9 Å². The number of non-ortho nitro benzene ring substituents is 1.